The fraction of sp³-hybridized carbons (Fsp3) is 0.625. The number of rotatable bonds is 6. The van der Waals surface area contributed by atoms with Crippen molar-refractivity contribution in [3.8, 4) is 0 Å². The summed E-state index contributed by atoms with van der Waals surface area (Å²) in [7, 11) is 0. The van der Waals surface area contributed by atoms with Crippen LogP contribution in [0.5, 0.6) is 0 Å². The molecular weight excluding hydrogens is 206 g/mol. The Morgan fingerprint density at radius 2 is 1.94 bits per heavy atom. The second-order valence-electron chi connectivity index (χ2n) is 6.10. The van der Waals surface area contributed by atoms with Crippen LogP contribution in [0.15, 0.2) is 24.3 Å². The number of hydrogen-bond donors (Lipinski definition) is 1. The molecule has 1 heteroatoms. The van der Waals surface area contributed by atoms with Gasteiger partial charge < -0.3 is 5.32 Å². The molecule has 0 atom stereocenters. The lowest BCUT2D eigenvalue weighted by Crippen LogP contribution is -2.27. The minimum Gasteiger partial charge on any atom is -0.316 e. The maximum absolute atomic E-state index is 3.53. The molecule has 1 aromatic rings. The first kappa shape index (κ1) is 14.2. The Morgan fingerprint density at radius 3 is 2.53 bits per heavy atom. The second-order valence-corrected chi connectivity index (χ2v) is 6.10. The van der Waals surface area contributed by atoms with Crippen LogP contribution in [0.1, 0.15) is 45.2 Å². The van der Waals surface area contributed by atoms with Crippen LogP contribution in [0, 0.1) is 12.8 Å². The van der Waals surface area contributed by atoms with Crippen molar-refractivity contribution in [3.05, 3.63) is 35.4 Å². The van der Waals surface area contributed by atoms with E-state index in [1.165, 1.54) is 17.5 Å². The summed E-state index contributed by atoms with van der Waals surface area (Å²) in [6.07, 6.45) is 1.18. The number of hydrogen-bond acceptors (Lipinski definition) is 1. The first-order valence-corrected chi connectivity index (χ1v) is 6.69. The highest BCUT2D eigenvalue weighted by molar-refractivity contribution is 5.28. The molecule has 1 nitrogen and oxygen atoms in total. The molecule has 0 fully saturated rings. The molecule has 0 heterocycles. The van der Waals surface area contributed by atoms with E-state index in [1.54, 1.807) is 0 Å². The molecule has 1 aromatic carbocycles. The monoisotopic (exact) mass is 233 g/mol. The summed E-state index contributed by atoms with van der Waals surface area (Å²) in [5.41, 5.74) is 3.06. The molecule has 0 radical (unpaired) electrons. The minimum absolute atomic E-state index is 0.260. The Hall–Kier alpha value is -0.820. The maximum atomic E-state index is 3.53. The summed E-state index contributed by atoms with van der Waals surface area (Å²) in [5.74, 6) is 0.733. The second kappa shape index (κ2) is 6.20. The third-order valence-corrected chi connectivity index (χ3v) is 3.28. The van der Waals surface area contributed by atoms with Gasteiger partial charge in [-0.2, -0.15) is 0 Å². The van der Waals surface area contributed by atoms with E-state index in [1.807, 2.05) is 0 Å². The molecule has 0 saturated heterocycles. The van der Waals surface area contributed by atoms with Crippen molar-refractivity contribution < 1.29 is 0 Å². The van der Waals surface area contributed by atoms with Gasteiger partial charge in [-0.3, -0.25) is 0 Å². The molecule has 0 unspecified atom stereocenters. The van der Waals surface area contributed by atoms with E-state index < -0.39 is 0 Å². The van der Waals surface area contributed by atoms with E-state index >= 15 is 0 Å². The van der Waals surface area contributed by atoms with E-state index in [4.69, 9.17) is 0 Å². The Bertz CT molecular complexity index is 339. The van der Waals surface area contributed by atoms with Gasteiger partial charge in [0.15, 0.2) is 0 Å². The van der Waals surface area contributed by atoms with E-state index in [0.717, 1.165) is 19.0 Å². The average Bonchev–Trinajstić information content (AvgIpc) is 2.24. The Kier molecular flexibility index (Phi) is 5.20. The van der Waals surface area contributed by atoms with Crippen molar-refractivity contribution in [2.24, 2.45) is 5.92 Å². The molecule has 0 aliphatic heterocycles. The lowest BCUT2D eigenvalue weighted by Gasteiger charge is -2.26. The average molecular weight is 233 g/mol. The van der Waals surface area contributed by atoms with Crippen molar-refractivity contribution in [2.75, 3.05) is 13.1 Å². The molecular formula is C16H27N. The lowest BCUT2D eigenvalue weighted by atomic mass is 9.81. The quantitative estimate of drug-likeness (QED) is 0.735. The SMILES string of the molecule is Cc1cccc(C(C)(C)CCNCC(C)C)c1. The summed E-state index contributed by atoms with van der Waals surface area (Å²) in [6.45, 7) is 13.5. The third-order valence-electron chi connectivity index (χ3n) is 3.28. The minimum atomic E-state index is 0.260. The first-order valence-electron chi connectivity index (χ1n) is 6.69. The van der Waals surface area contributed by atoms with Crippen LogP contribution in [-0.2, 0) is 5.41 Å². The van der Waals surface area contributed by atoms with Crippen molar-refractivity contribution in [1.82, 2.24) is 5.32 Å². The van der Waals surface area contributed by atoms with Gasteiger partial charge in [-0.05, 0) is 43.3 Å². The third kappa shape index (κ3) is 4.91. The molecule has 1 N–H and O–H groups in total. The van der Waals surface area contributed by atoms with Gasteiger partial charge in [0.25, 0.3) is 0 Å². The predicted molar refractivity (Wildman–Crippen MR) is 76.5 cm³/mol. The largest absolute Gasteiger partial charge is 0.316 e. The molecule has 1 rings (SSSR count). The van der Waals surface area contributed by atoms with Gasteiger partial charge in [-0.15, -0.1) is 0 Å². The van der Waals surface area contributed by atoms with Gasteiger partial charge in [0, 0.05) is 0 Å². The molecule has 17 heavy (non-hydrogen) atoms. The van der Waals surface area contributed by atoms with Crippen LogP contribution in [0.2, 0.25) is 0 Å². The molecule has 0 bridgehead atoms. The Morgan fingerprint density at radius 1 is 1.24 bits per heavy atom. The normalized spacial score (nSPS) is 12.1. The standard InChI is InChI=1S/C16H27N/c1-13(2)12-17-10-9-16(4,5)15-8-6-7-14(3)11-15/h6-8,11,13,17H,9-10,12H2,1-5H3. The van der Waals surface area contributed by atoms with Crippen LogP contribution in [0.25, 0.3) is 0 Å². The van der Waals surface area contributed by atoms with Gasteiger partial charge in [-0.25, -0.2) is 0 Å². The molecule has 0 aliphatic carbocycles. The fourth-order valence-electron chi connectivity index (χ4n) is 2.00. The summed E-state index contributed by atoms with van der Waals surface area (Å²) in [6, 6.07) is 8.88. The summed E-state index contributed by atoms with van der Waals surface area (Å²) < 4.78 is 0. The number of aryl methyl sites for hydroxylation is 1. The molecule has 0 aliphatic rings. The van der Waals surface area contributed by atoms with E-state index in [2.05, 4.69) is 64.2 Å². The summed E-state index contributed by atoms with van der Waals surface area (Å²) in [5, 5.41) is 3.53. The maximum Gasteiger partial charge on any atom is -0.00258 e. The zero-order chi connectivity index (χ0) is 12.9. The van der Waals surface area contributed by atoms with Gasteiger partial charge in [0.1, 0.15) is 0 Å². The smallest absolute Gasteiger partial charge is 0.00258 e. The highest BCUT2D eigenvalue weighted by Crippen LogP contribution is 2.26. The van der Waals surface area contributed by atoms with Crippen molar-refractivity contribution in [3.63, 3.8) is 0 Å². The van der Waals surface area contributed by atoms with Gasteiger partial charge >= 0.3 is 0 Å². The molecule has 0 amide bonds. The van der Waals surface area contributed by atoms with Crippen molar-refractivity contribution >= 4 is 0 Å². The zero-order valence-corrected chi connectivity index (χ0v) is 12.0. The van der Waals surface area contributed by atoms with Gasteiger partial charge in [0.05, 0.1) is 0 Å². The van der Waals surface area contributed by atoms with Crippen molar-refractivity contribution in [1.29, 1.82) is 0 Å². The lowest BCUT2D eigenvalue weighted by molar-refractivity contribution is 0.442. The van der Waals surface area contributed by atoms with Crippen LogP contribution in [-0.4, -0.2) is 13.1 Å². The molecule has 0 spiro atoms. The van der Waals surface area contributed by atoms with E-state index in [-0.39, 0.29) is 5.41 Å². The number of nitrogens with one attached hydrogen (secondary N) is 1. The van der Waals surface area contributed by atoms with Crippen molar-refractivity contribution in [2.45, 2.75) is 46.5 Å². The Balaban J connectivity index is 2.50. The molecule has 0 saturated carbocycles. The summed E-state index contributed by atoms with van der Waals surface area (Å²) in [4.78, 5) is 0. The summed E-state index contributed by atoms with van der Waals surface area (Å²) >= 11 is 0. The van der Waals surface area contributed by atoms with E-state index in [9.17, 15) is 0 Å². The fourth-order valence-corrected chi connectivity index (χ4v) is 2.00. The van der Waals surface area contributed by atoms with Crippen LogP contribution in [0.3, 0.4) is 0 Å². The molecule has 0 aromatic heterocycles. The highest BCUT2D eigenvalue weighted by atomic mass is 14.8. The Labute approximate surface area is 107 Å². The number of benzene rings is 1. The highest BCUT2D eigenvalue weighted by Gasteiger charge is 2.19. The van der Waals surface area contributed by atoms with Crippen LogP contribution in [0.4, 0.5) is 0 Å². The topological polar surface area (TPSA) is 12.0 Å². The predicted octanol–water partition coefficient (Wildman–Crippen LogP) is 3.91. The van der Waals surface area contributed by atoms with Crippen LogP contribution < -0.4 is 5.32 Å². The van der Waals surface area contributed by atoms with Gasteiger partial charge in [-0.1, -0.05) is 57.5 Å². The first-order chi connectivity index (χ1) is 7.92. The van der Waals surface area contributed by atoms with E-state index in [0.29, 0.717) is 0 Å². The molecule has 96 valence electrons. The zero-order valence-electron chi connectivity index (χ0n) is 12.0. The van der Waals surface area contributed by atoms with Crippen LogP contribution >= 0.6 is 0 Å². The van der Waals surface area contributed by atoms with Gasteiger partial charge in [0.2, 0.25) is 0 Å².